The third-order valence-corrected chi connectivity index (χ3v) is 6.74. The molecule has 0 aromatic carbocycles. The quantitative estimate of drug-likeness (QED) is 0.559. The number of aliphatic hydroxyl groups is 1. The molecule has 3 aromatic heterocycles. The van der Waals surface area contributed by atoms with Gasteiger partial charge in [-0.05, 0) is 13.8 Å². The Balaban J connectivity index is 1.28. The second kappa shape index (κ2) is 9.01. The molecule has 2 atom stereocenters. The molecule has 0 radical (unpaired) electrons. The van der Waals surface area contributed by atoms with Gasteiger partial charge in [-0.25, -0.2) is 24.4 Å². The molecule has 5 heterocycles. The first-order valence-electron chi connectivity index (χ1n) is 10.7. The van der Waals surface area contributed by atoms with Gasteiger partial charge >= 0.3 is 0 Å². The molecule has 0 bridgehead atoms. The first-order chi connectivity index (χ1) is 16.4. The molecule has 2 aliphatic heterocycles. The molecule has 0 saturated carbocycles. The highest BCUT2D eigenvalue weighted by Crippen LogP contribution is 2.33. The fourth-order valence-corrected chi connectivity index (χ4v) is 4.88. The number of hydrazone groups is 1. The first-order valence-corrected chi connectivity index (χ1v) is 11.5. The van der Waals surface area contributed by atoms with E-state index in [2.05, 4.69) is 30.1 Å². The number of aryl methyl sites for hydroxylation is 2. The zero-order valence-corrected chi connectivity index (χ0v) is 19.4. The Labute approximate surface area is 198 Å². The second-order valence-corrected chi connectivity index (χ2v) is 9.22. The minimum Gasteiger partial charge on any atom is -0.360 e. The van der Waals surface area contributed by atoms with Gasteiger partial charge in [-0.3, -0.25) is 4.90 Å². The maximum Gasteiger partial charge on any atom is 0.252 e. The highest BCUT2D eigenvalue weighted by molar-refractivity contribution is 7.11. The summed E-state index contributed by atoms with van der Waals surface area (Å²) in [5.41, 5.74) is 0. The summed E-state index contributed by atoms with van der Waals surface area (Å²) in [7, 11) is 0. The zero-order chi connectivity index (χ0) is 23.8. The van der Waals surface area contributed by atoms with E-state index < -0.39 is 12.2 Å². The normalized spacial score (nSPS) is 19.6. The fourth-order valence-electron chi connectivity index (χ4n) is 4.00. The molecule has 0 amide bonds. The van der Waals surface area contributed by atoms with E-state index in [1.54, 1.807) is 29.5 Å². The van der Waals surface area contributed by atoms with Gasteiger partial charge in [0.05, 0.1) is 6.20 Å². The van der Waals surface area contributed by atoms with Crippen LogP contribution in [0.1, 0.15) is 34.0 Å². The standard InChI is InChI=1S/C20H22FN11OS/c1-12-10-23-18(34-12)15-3-4-25-32(15)20(33)30-7-5-29(6-8-30)19-24-11-14(21)17(27-19)31-13(2)26-16(9-22)28-31/h4,10-11,15,20,33H,3,5-8H2,1-2H3/t15-,20?/m0/s1. The number of piperazine rings is 1. The molecule has 5 rings (SSSR count). The number of halogens is 1. The van der Waals surface area contributed by atoms with E-state index in [4.69, 9.17) is 5.26 Å². The molecule has 1 unspecified atom stereocenters. The first kappa shape index (κ1) is 22.3. The Morgan fingerprint density at radius 2 is 1.97 bits per heavy atom. The molecule has 1 N–H and O–H groups in total. The van der Waals surface area contributed by atoms with Crippen molar-refractivity contribution in [3.8, 4) is 11.9 Å². The fraction of sp³-hybridized carbons (Fsp3) is 0.450. The monoisotopic (exact) mass is 483 g/mol. The van der Waals surface area contributed by atoms with Crippen LogP contribution in [-0.2, 0) is 0 Å². The molecule has 1 fully saturated rings. The molecular formula is C20H22FN11OS. The number of rotatable bonds is 5. The molecule has 1 saturated heterocycles. The number of aromatic nitrogens is 6. The highest BCUT2D eigenvalue weighted by atomic mass is 32.1. The van der Waals surface area contributed by atoms with Crippen molar-refractivity contribution in [2.45, 2.75) is 32.7 Å². The van der Waals surface area contributed by atoms with E-state index >= 15 is 0 Å². The van der Waals surface area contributed by atoms with E-state index in [0.717, 1.165) is 16.1 Å². The molecule has 34 heavy (non-hydrogen) atoms. The molecule has 0 spiro atoms. The van der Waals surface area contributed by atoms with Gasteiger partial charge in [0.1, 0.15) is 22.9 Å². The number of hydrogen-bond acceptors (Lipinski definition) is 12. The Morgan fingerprint density at radius 3 is 2.65 bits per heavy atom. The third-order valence-electron chi connectivity index (χ3n) is 5.73. The van der Waals surface area contributed by atoms with Gasteiger partial charge in [0.25, 0.3) is 5.82 Å². The maximum absolute atomic E-state index is 14.5. The lowest BCUT2D eigenvalue weighted by atomic mass is 10.2. The summed E-state index contributed by atoms with van der Waals surface area (Å²) < 4.78 is 15.7. The van der Waals surface area contributed by atoms with E-state index in [0.29, 0.717) is 44.4 Å². The van der Waals surface area contributed by atoms with Crippen molar-refractivity contribution in [1.29, 1.82) is 5.26 Å². The zero-order valence-electron chi connectivity index (χ0n) is 18.6. The van der Waals surface area contributed by atoms with Crippen molar-refractivity contribution in [2.24, 2.45) is 5.10 Å². The number of thiazole rings is 1. The molecular weight excluding hydrogens is 461 g/mol. The van der Waals surface area contributed by atoms with Crippen LogP contribution in [0.3, 0.4) is 0 Å². The van der Waals surface area contributed by atoms with Crippen molar-refractivity contribution in [3.63, 3.8) is 0 Å². The van der Waals surface area contributed by atoms with Crippen LogP contribution in [0.25, 0.3) is 5.82 Å². The van der Waals surface area contributed by atoms with E-state index in [9.17, 15) is 9.50 Å². The summed E-state index contributed by atoms with van der Waals surface area (Å²) in [5, 5.41) is 31.1. The lowest BCUT2D eigenvalue weighted by Gasteiger charge is -2.40. The topological polar surface area (TPSA) is 135 Å². The van der Waals surface area contributed by atoms with Crippen LogP contribution in [0.5, 0.6) is 0 Å². The van der Waals surface area contributed by atoms with Crippen LogP contribution in [-0.4, -0.2) is 83.5 Å². The maximum atomic E-state index is 14.5. The predicted molar refractivity (Wildman–Crippen MR) is 121 cm³/mol. The number of nitriles is 1. The average molecular weight is 484 g/mol. The Morgan fingerprint density at radius 1 is 1.18 bits per heavy atom. The molecule has 2 aliphatic rings. The molecule has 176 valence electrons. The van der Waals surface area contributed by atoms with Crippen molar-refractivity contribution < 1.29 is 9.50 Å². The largest absolute Gasteiger partial charge is 0.360 e. The lowest BCUT2D eigenvalue weighted by molar-refractivity contribution is -0.126. The number of aliphatic hydroxyl groups excluding tert-OH is 1. The van der Waals surface area contributed by atoms with Crippen LogP contribution in [0.15, 0.2) is 17.5 Å². The SMILES string of the molecule is Cc1cnc([C@@H]2CC=NN2C(O)N2CCN(c3ncc(F)c(-n4nc(C#N)nc4C)n3)CC2)s1. The third kappa shape index (κ3) is 4.09. The molecule has 14 heteroatoms. The van der Waals surface area contributed by atoms with Gasteiger partial charge in [0.15, 0.2) is 11.6 Å². The Bertz CT molecular complexity index is 1260. The molecule has 0 aliphatic carbocycles. The minimum atomic E-state index is -0.887. The van der Waals surface area contributed by atoms with Gasteiger partial charge in [0.2, 0.25) is 12.3 Å². The lowest BCUT2D eigenvalue weighted by Crippen LogP contribution is -2.55. The summed E-state index contributed by atoms with van der Waals surface area (Å²) in [6.07, 6.45) is 4.54. The summed E-state index contributed by atoms with van der Waals surface area (Å²) in [6, 6.07) is 1.76. The second-order valence-electron chi connectivity index (χ2n) is 7.96. The number of hydrogen-bond donors (Lipinski definition) is 1. The Hall–Kier alpha value is -3.54. The van der Waals surface area contributed by atoms with Crippen molar-refractivity contribution in [2.75, 3.05) is 31.1 Å². The Kier molecular flexibility index (Phi) is 5.90. The predicted octanol–water partition coefficient (Wildman–Crippen LogP) is 0.972. The van der Waals surface area contributed by atoms with Crippen molar-refractivity contribution in [3.05, 3.63) is 39.7 Å². The summed E-state index contributed by atoms with van der Waals surface area (Å²) in [5.74, 6) is -0.0912. The van der Waals surface area contributed by atoms with Gasteiger partial charge in [0, 0.05) is 49.9 Å². The van der Waals surface area contributed by atoms with Crippen molar-refractivity contribution >= 4 is 23.5 Å². The number of nitrogens with zero attached hydrogens (tertiary/aromatic N) is 11. The van der Waals surface area contributed by atoms with E-state index in [-0.39, 0.29) is 17.7 Å². The van der Waals surface area contributed by atoms with Gasteiger partial charge in [-0.15, -0.1) is 16.4 Å². The minimum absolute atomic E-state index is 0.0598. The smallest absolute Gasteiger partial charge is 0.252 e. The summed E-state index contributed by atoms with van der Waals surface area (Å²) in [6.45, 7) is 5.76. The van der Waals surface area contributed by atoms with Crippen LogP contribution < -0.4 is 4.90 Å². The van der Waals surface area contributed by atoms with Crippen LogP contribution >= 0.6 is 11.3 Å². The summed E-state index contributed by atoms with van der Waals surface area (Å²) >= 11 is 1.61. The van der Waals surface area contributed by atoms with Crippen LogP contribution in [0.2, 0.25) is 0 Å². The summed E-state index contributed by atoms with van der Waals surface area (Å²) in [4.78, 5) is 21.9. The van der Waals surface area contributed by atoms with Gasteiger partial charge < -0.3 is 10.0 Å². The van der Waals surface area contributed by atoms with Crippen LogP contribution in [0, 0.1) is 31.0 Å². The van der Waals surface area contributed by atoms with Crippen molar-refractivity contribution in [1.82, 2.24) is 39.6 Å². The molecule has 12 nitrogen and oxygen atoms in total. The molecule has 3 aromatic rings. The average Bonchev–Trinajstić information content (AvgIpc) is 3.58. The number of anilines is 1. The van der Waals surface area contributed by atoms with Gasteiger partial charge in [-0.1, -0.05) is 0 Å². The van der Waals surface area contributed by atoms with E-state index in [1.165, 1.54) is 4.68 Å². The van der Waals surface area contributed by atoms with Crippen LogP contribution in [0.4, 0.5) is 10.3 Å². The van der Waals surface area contributed by atoms with E-state index in [1.807, 2.05) is 29.0 Å². The van der Waals surface area contributed by atoms with Gasteiger partial charge in [-0.2, -0.15) is 20.0 Å². The highest BCUT2D eigenvalue weighted by Gasteiger charge is 2.35.